The number of aryl methyl sites for hydroxylation is 1. The van der Waals surface area contributed by atoms with Gasteiger partial charge in [0.1, 0.15) is 11.5 Å². The van der Waals surface area contributed by atoms with E-state index in [1.54, 1.807) is 6.92 Å². The monoisotopic (exact) mass is 192 g/mol. The maximum Gasteiger partial charge on any atom is 0.336 e. The van der Waals surface area contributed by atoms with Crippen molar-refractivity contribution < 1.29 is 14.0 Å². The Labute approximate surface area is 79.5 Å². The summed E-state index contributed by atoms with van der Waals surface area (Å²) in [6, 6.07) is 1.27. The second-order valence-corrected chi connectivity index (χ2v) is 3.36. The summed E-state index contributed by atoms with van der Waals surface area (Å²) in [4.78, 5) is 33.5. The fourth-order valence-electron chi connectivity index (χ4n) is 1.68. The number of carbonyl (C=O) groups is 2. The summed E-state index contributed by atoms with van der Waals surface area (Å²) in [7, 11) is 0. The van der Waals surface area contributed by atoms with Crippen LogP contribution in [0.1, 0.15) is 28.1 Å². The molecule has 0 amide bonds. The van der Waals surface area contributed by atoms with E-state index in [-0.39, 0.29) is 30.2 Å². The van der Waals surface area contributed by atoms with Crippen molar-refractivity contribution in [3.05, 3.63) is 33.4 Å². The first-order chi connectivity index (χ1) is 6.58. The van der Waals surface area contributed by atoms with Crippen LogP contribution in [0.3, 0.4) is 0 Å². The van der Waals surface area contributed by atoms with Gasteiger partial charge >= 0.3 is 5.63 Å². The highest BCUT2D eigenvalue weighted by molar-refractivity contribution is 6.12. The number of carbonyl (C=O) groups excluding carboxylic acids is 2. The highest BCUT2D eigenvalue weighted by Gasteiger charge is 2.26. The maximum absolute atomic E-state index is 11.4. The van der Waals surface area contributed by atoms with Gasteiger partial charge in [-0.3, -0.25) is 9.59 Å². The number of hydrogen-bond donors (Lipinski definition) is 0. The Bertz CT molecular complexity index is 481. The molecule has 2 rings (SSSR count). The van der Waals surface area contributed by atoms with Crippen LogP contribution < -0.4 is 5.63 Å². The first-order valence-corrected chi connectivity index (χ1v) is 4.26. The lowest BCUT2D eigenvalue weighted by molar-refractivity contribution is -0.118. The van der Waals surface area contributed by atoms with Gasteiger partial charge in [0.2, 0.25) is 0 Å². The molecule has 0 bridgehead atoms. The van der Waals surface area contributed by atoms with Crippen molar-refractivity contribution in [3.63, 3.8) is 0 Å². The zero-order valence-corrected chi connectivity index (χ0v) is 7.62. The number of fused-ring (bicyclic) bond motifs is 1. The molecule has 1 aromatic heterocycles. The van der Waals surface area contributed by atoms with Crippen LogP contribution in [0.2, 0.25) is 0 Å². The topological polar surface area (TPSA) is 64.3 Å². The lowest BCUT2D eigenvalue weighted by Gasteiger charge is -2.13. The van der Waals surface area contributed by atoms with Crippen LogP contribution in [-0.2, 0) is 11.2 Å². The van der Waals surface area contributed by atoms with Gasteiger partial charge in [0.15, 0.2) is 5.78 Å². The van der Waals surface area contributed by atoms with E-state index in [1.807, 2.05) is 0 Å². The van der Waals surface area contributed by atoms with Crippen molar-refractivity contribution in [1.82, 2.24) is 0 Å². The first kappa shape index (κ1) is 8.87. The number of Topliss-reactive ketones (excluding diaryl/α,β-unsaturated/α-hetero) is 2. The Morgan fingerprint density at radius 1 is 1.21 bits per heavy atom. The molecule has 72 valence electrons. The fourth-order valence-corrected chi connectivity index (χ4v) is 1.68. The summed E-state index contributed by atoms with van der Waals surface area (Å²) < 4.78 is 4.82. The smallest absolute Gasteiger partial charge is 0.336 e. The van der Waals surface area contributed by atoms with Gasteiger partial charge in [-0.2, -0.15) is 0 Å². The summed E-state index contributed by atoms with van der Waals surface area (Å²) in [6.07, 6.45) is -0.0282. The van der Waals surface area contributed by atoms with Crippen molar-refractivity contribution in [2.75, 3.05) is 0 Å². The molecule has 14 heavy (non-hydrogen) atoms. The summed E-state index contributed by atoms with van der Waals surface area (Å²) in [6.45, 7) is 1.67. The average Bonchev–Trinajstić information content (AvgIpc) is 1.99. The van der Waals surface area contributed by atoms with Crippen molar-refractivity contribution in [2.24, 2.45) is 0 Å². The molecule has 0 saturated heterocycles. The fraction of sp³-hybridized carbons (Fsp3) is 0.300. The Kier molecular flexibility index (Phi) is 1.84. The van der Waals surface area contributed by atoms with Gasteiger partial charge in [0.25, 0.3) is 0 Å². The zero-order chi connectivity index (χ0) is 10.3. The molecule has 0 aromatic carbocycles. The molecule has 1 heterocycles. The van der Waals surface area contributed by atoms with Gasteiger partial charge in [0, 0.05) is 6.07 Å². The van der Waals surface area contributed by atoms with Gasteiger partial charge in [-0.1, -0.05) is 0 Å². The maximum atomic E-state index is 11.4. The average molecular weight is 192 g/mol. The summed E-state index contributed by atoms with van der Waals surface area (Å²) in [5.74, 6) is -0.231. The molecule has 4 nitrogen and oxygen atoms in total. The minimum absolute atomic E-state index is 0.0536. The van der Waals surface area contributed by atoms with Crippen molar-refractivity contribution in [2.45, 2.75) is 19.8 Å². The van der Waals surface area contributed by atoms with Gasteiger partial charge in [-0.15, -0.1) is 0 Å². The molecule has 0 N–H and O–H groups in total. The van der Waals surface area contributed by atoms with Crippen LogP contribution in [0.15, 0.2) is 15.3 Å². The van der Waals surface area contributed by atoms with E-state index in [0.717, 1.165) is 0 Å². The van der Waals surface area contributed by atoms with Crippen LogP contribution in [0.25, 0.3) is 0 Å². The van der Waals surface area contributed by atoms with Crippen molar-refractivity contribution >= 4 is 11.6 Å². The number of hydrogen-bond acceptors (Lipinski definition) is 4. The van der Waals surface area contributed by atoms with E-state index >= 15 is 0 Å². The molecule has 4 heteroatoms. The van der Waals surface area contributed by atoms with Gasteiger partial charge in [0.05, 0.1) is 18.4 Å². The van der Waals surface area contributed by atoms with E-state index in [1.165, 1.54) is 6.07 Å². The van der Waals surface area contributed by atoms with Crippen LogP contribution in [0.5, 0.6) is 0 Å². The highest BCUT2D eigenvalue weighted by atomic mass is 16.4. The minimum Gasteiger partial charge on any atom is -0.427 e. The predicted octanol–water partition coefficient (Wildman–Crippen LogP) is 0.646. The van der Waals surface area contributed by atoms with Crippen LogP contribution in [-0.4, -0.2) is 11.6 Å². The van der Waals surface area contributed by atoms with Gasteiger partial charge < -0.3 is 4.42 Å². The molecule has 1 aliphatic rings. The Hall–Kier alpha value is -1.71. The lowest BCUT2D eigenvalue weighted by atomic mass is 9.92. The highest BCUT2D eigenvalue weighted by Crippen LogP contribution is 2.20. The predicted molar refractivity (Wildman–Crippen MR) is 47.4 cm³/mol. The third kappa shape index (κ3) is 1.28. The molecule has 1 aromatic rings. The Morgan fingerprint density at radius 3 is 2.64 bits per heavy atom. The minimum atomic E-state index is -0.510. The molecule has 0 saturated carbocycles. The quantitative estimate of drug-likeness (QED) is 0.566. The summed E-state index contributed by atoms with van der Waals surface area (Å²) in [5.41, 5.74) is 0.488. The molecule has 0 unspecified atom stereocenters. The molecule has 0 atom stereocenters. The molecular weight excluding hydrogens is 184 g/mol. The van der Waals surface area contributed by atoms with Crippen LogP contribution in [0, 0.1) is 6.92 Å². The third-order valence-electron chi connectivity index (χ3n) is 2.23. The van der Waals surface area contributed by atoms with E-state index in [4.69, 9.17) is 4.42 Å². The SMILES string of the molecule is Cc1cc(=O)oc2c1C(=O)CC(=O)C2. The van der Waals surface area contributed by atoms with Gasteiger partial charge in [-0.05, 0) is 12.5 Å². The van der Waals surface area contributed by atoms with Crippen LogP contribution in [0.4, 0.5) is 0 Å². The third-order valence-corrected chi connectivity index (χ3v) is 2.23. The van der Waals surface area contributed by atoms with Crippen LogP contribution >= 0.6 is 0 Å². The second kappa shape index (κ2) is 2.90. The van der Waals surface area contributed by atoms with Crippen molar-refractivity contribution in [1.29, 1.82) is 0 Å². The number of rotatable bonds is 0. The number of ketones is 2. The van der Waals surface area contributed by atoms with Gasteiger partial charge in [-0.25, -0.2) is 4.79 Å². The largest absolute Gasteiger partial charge is 0.427 e. The zero-order valence-electron chi connectivity index (χ0n) is 7.62. The molecule has 0 fully saturated rings. The standard InChI is InChI=1S/C10H8O4/c1-5-2-9(13)14-8-4-6(11)3-7(12)10(5)8/h2H,3-4H2,1H3. The molecule has 0 radical (unpaired) electrons. The molecule has 1 aliphatic carbocycles. The first-order valence-electron chi connectivity index (χ1n) is 4.26. The second-order valence-electron chi connectivity index (χ2n) is 3.36. The van der Waals surface area contributed by atoms with E-state index in [0.29, 0.717) is 11.1 Å². The summed E-state index contributed by atoms with van der Waals surface area (Å²) in [5, 5.41) is 0. The summed E-state index contributed by atoms with van der Waals surface area (Å²) >= 11 is 0. The van der Waals surface area contributed by atoms with E-state index in [9.17, 15) is 14.4 Å². The van der Waals surface area contributed by atoms with E-state index in [2.05, 4.69) is 0 Å². The lowest BCUT2D eigenvalue weighted by Crippen LogP contribution is -2.23. The molecule has 0 spiro atoms. The molecular formula is C10H8O4. The molecule has 0 aliphatic heterocycles. The van der Waals surface area contributed by atoms with E-state index < -0.39 is 5.63 Å². The normalized spacial score (nSPS) is 15.5. The Morgan fingerprint density at radius 2 is 1.93 bits per heavy atom. The Balaban J connectivity index is 2.70. The van der Waals surface area contributed by atoms with Crippen molar-refractivity contribution in [3.8, 4) is 0 Å².